The Bertz CT molecular complexity index is 538. The summed E-state index contributed by atoms with van der Waals surface area (Å²) in [5, 5.41) is 6.50. The lowest BCUT2D eigenvalue weighted by Crippen LogP contribution is -2.47. The molecule has 2 rings (SSSR count). The maximum atomic E-state index is 13.9. The van der Waals surface area contributed by atoms with Gasteiger partial charge in [-0.3, -0.25) is 9.89 Å². The highest BCUT2D eigenvalue weighted by Gasteiger charge is 2.18. The maximum absolute atomic E-state index is 13.9. The molecule has 0 unspecified atom stereocenters. The molecule has 0 aromatic heterocycles. The largest absolute Gasteiger partial charge is 0.383 e. The summed E-state index contributed by atoms with van der Waals surface area (Å²) in [7, 11) is 3.45. The highest BCUT2D eigenvalue weighted by atomic mass is 127. The monoisotopic (exact) mass is 479 g/mol. The number of nitrogens with zero attached hydrogens (tertiary/aromatic N) is 3. The number of methoxy groups -OCH3 is 1. The number of halogens is 2. The van der Waals surface area contributed by atoms with Crippen LogP contribution in [0.15, 0.2) is 29.3 Å². The first kappa shape index (κ1) is 22.9. The minimum atomic E-state index is -0.132. The first-order valence-electron chi connectivity index (χ1n) is 8.90. The van der Waals surface area contributed by atoms with Gasteiger partial charge < -0.3 is 20.3 Å². The zero-order valence-electron chi connectivity index (χ0n) is 15.7. The molecule has 1 fully saturated rings. The summed E-state index contributed by atoms with van der Waals surface area (Å²) in [5.41, 5.74) is 0.717. The van der Waals surface area contributed by atoms with E-state index in [0.717, 1.165) is 63.9 Å². The standard InChI is InChI=1S/C18H30FN5O.HI/c1-20-18(22-9-15-25-2)21-8-5-10-23-11-13-24(14-12-23)17-7-4-3-6-16(17)19;/h3-4,6-7H,5,8-15H2,1-2H3,(H2,20,21,22);1H. The number of piperazine rings is 1. The molecule has 6 nitrogen and oxygen atoms in total. The van der Waals surface area contributed by atoms with E-state index in [-0.39, 0.29) is 29.8 Å². The molecule has 2 N–H and O–H groups in total. The molecule has 148 valence electrons. The van der Waals surface area contributed by atoms with Crippen molar-refractivity contribution in [2.45, 2.75) is 6.42 Å². The molecule has 1 aliphatic rings. The van der Waals surface area contributed by atoms with Gasteiger partial charge in [-0.2, -0.15) is 0 Å². The van der Waals surface area contributed by atoms with Crippen molar-refractivity contribution < 1.29 is 9.13 Å². The lowest BCUT2D eigenvalue weighted by Gasteiger charge is -2.36. The van der Waals surface area contributed by atoms with E-state index in [1.165, 1.54) is 6.07 Å². The van der Waals surface area contributed by atoms with E-state index in [9.17, 15) is 4.39 Å². The van der Waals surface area contributed by atoms with Crippen molar-refractivity contribution in [3.05, 3.63) is 30.1 Å². The molecule has 1 aliphatic heterocycles. The minimum absolute atomic E-state index is 0. The van der Waals surface area contributed by atoms with E-state index in [2.05, 4.69) is 25.4 Å². The maximum Gasteiger partial charge on any atom is 0.191 e. The van der Waals surface area contributed by atoms with Crippen LogP contribution in [0.2, 0.25) is 0 Å². The van der Waals surface area contributed by atoms with Gasteiger partial charge in [0.1, 0.15) is 5.82 Å². The summed E-state index contributed by atoms with van der Waals surface area (Å²) in [5.74, 6) is 0.675. The third-order valence-corrected chi connectivity index (χ3v) is 4.33. The zero-order chi connectivity index (χ0) is 17.9. The van der Waals surface area contributed by atoms with Gasteiger partial charge in [-0.1, -0.05) is 12.1 Å². The van der Waals surface area contributed by atoms with Gasteiger partial charge in [0.05, 0.1) is 12.3 Å². The first-order valence-corrected chi connectivity index (χ1v) is 8.90. The second-order valence-electron chi connectivity index (χ2n) is 6.05. The molecule has 0 aliphatic carbocycles. The van der Waals surface area contributed by atoms with Gasteiger partial charge in [0.25, 0.3) is 0 Å². The van der Waals surface area contributed by atoms with E-state index >= 15 is 0 Å². The molecule has 1 heterocycles. The number of para-hydroxylation sites is 1. The van der Waals surface area contributed by atoms with Crippen molar-refractivity contribution >= 4 is 35.6 Å². The molecule has 26 heavy (non-hydrogen) atoms. The molecule has 0 saturated carbocycles. The summed E-state index contributed by atoms with van der Waals surface area (Å²) >= 11 is 0. The molecule has 1 saturated heterocycles. The highest BCUT2D eigenvalue weighted by molar-refractivity contribution is 14.0. The molecule has 1 aromatic carbocycles. The average molecular weight is 479 g/mol. The predicted molar refractivity (Wildman–Crippen MR) is 116 cm³/mol. The number of aliphatic imine (C=N–C) groups is 1. The molecule has 0 spiro atoms. The van der Waals surface area contributed by atoms with Gasteiger partial charge in [0.2, 0.25) is 0 Å². The topological polar surface area (TPSA) is 52.1 Å². The quantitative estimate of drug-likeness (QED) is 0.258. The van der Waals surface area contributed by atoms with Crippen molar-refractivity contribution in [3.8, 4) is 0 Å². The van der Waals surface area contributed by atoms with Crippen LogP contribution in [-0.4, -0.2) is 77.4 Å². The number of hydrogen-bond acceptors (Lipinski definition) is 4. The van der Waals surface area contributed by atoms with E-state index in [1.807, 2.05) is 12.1 Å². The molecule has 1 aromatic rings. The normalized spacial score (nSPS) is 15.5. The summed E-state index contributed by atoms with van der Waals surface area (Å²) < 4.78 is 18.9. The SMILES string of the molecule is CN=C(NCCCN1CCN(c2ccccc2F)CC1)NCCOC.I. The van der Waals surface area contributed by atoms with Crippen LogP contribution in [0, 0.1) is 5.82 Å². The molecule has 0 amide bonds. The fourth-order valence-electron chi connectivity index (χ4n) is 2.92. The molecule has 0 bridgehead atoms. The average Bonchev–Trinajstić information content (AvgIpc) is 2.65. The second kappa shape index (κ2) is 13.1. The Labute approximate surface area is 173 Å². The minimum Gasteiger partial charge on any atom is -0.383 e. The Balaban J connectivity index is 0.00000338. The molecule has 0 atom stereocenters. The van der Waals surface area contributed by atoms with Crippen LogP contribution in [0.3, 0.4) is 0 Å². The van der Waals surface area contributed by atoms with Crippen molar-refractivity contribution in [2.75, 3.05) is 71.5 Å². The van der Waals surface area contributed by atoms with Crippen LogP contribution in [0.5, 0.6) is 0 Å². The van der Waals surface area contributed by atoms with Gasteiger partial charge >= 0.3 is 0 Å². The van der Waals surface area contributed by atoms with Crippen LogP contribution >= 0.6 is 24.0 Å². The van der Waals surface area contributed by atoms with Gasteiger partial charge in [-0.15, -0.1) is 24.0 Å². The van der Waals surface area contributed by atoms with Crippen LogP contribution in [0.25, 0.3) is 0 Å². The summed E-state index contributed by atoms with van der Waals surface area (Å²) in [6.07, 6.45) is 1.05. The van der Waals surface area contributed by atoms with Crippen LogP contribution in [0.4, 0.5) is 10.1 Å². The highest BCUT2D eigenvalue weighted by Crippen LogP contribution is 2.20. The van der Waals surface area contributed by atoms with Crippen molar-refractivity contribution in [1.29, 1.82) is 0 Å². The Morgan fingerprint density at radius 1 is 1.15 bits per heavy atom. The molecular weight excluding hydrogens is 448 g/mol. The van der Waals surface area contributed by atoms with E-state index in [1.54, 1.807) is 20.2 Å². The van der Waals surface area contributed by atoms with Crippen LogP contribution < -0.4 is 15.5 Å². The number of ether oxygens (including phenoxy) is 1. The summed E-state index contributed by atoms with van der Waals surface area (Å²) in [4.78, 5) is 8.74. The molecule has 0 radical (unpaired) electrons. The second-order valence-corrected chi connectivity index (χ2v) is 6.05. The van der Waals surface area contributed by atoms with E-state index in [0.29, 0.717) is 6.61 Å². The number of benzene rings is 1. The lowest BCUT2D eigenvalue weighted by molar-refractivity contribution is 0.203. The number of anilines is 1. The third-order valence-electron chi connectivity index (χ3n) is 4.33. The first-order chi connectivity index (χ1) is 12.2. The zero-order valence-corrected chi connectivity index (χ0v) is 18.0. The van der Waals surface area contributed by atoms with Gasteiger partial charge in [0.15, 0.2) is 5.96 Å². The Morgan fingerprint density at radius 3 is 2.50 bits per heavy atom. The van der Waals surface area contributed by atoms with Crippen molar-refractivity contribution in [1.82, 2.24) is 15.5 Å². The van der Waals surface area contributed by atoms with Crippen LogP contribution in [0.1, 0.15) is 6.42 Å². The van der Waals surface area contributed by atoms with Crippen LogP contribution in [-0.2, 0) is 4.74 Å². The number of nitrogens with one attached hydrogen (secondary N) is 2. The Hall–Kier alpha value is -1.13. The van der Waals surface area contributed by atoms with Gasteiger partial charge in [0, 0.05) is 53.4 Å². The third kappa shape index (κ3) is 7.63. The lowest BCUT2D eigenvalue weighted by atomic mass is 10.2. The fourth-order valence-corrected chi connectivity index (χ4v) is 2.92. The number of guanidine groups is 1. The van der Waals surface area contributed by atoms with Crippen molar-refractivity contribution in [2.24, 2.45) is 4.99 Å². The molecule has 8 heteroatoms. The fraction of sp³-hybridized carbons (Fsp3) is 0.611. The van der Waals surface area contributed by atoms with Gasteiger partial charge in [-0.25, -0.2) is 4.39 Å². The number of hydrogen-bond donors (Lipinski definition) is 2. The summed E-state index contributed by atoms with van der Waals surface area (Å²) in [6.45, 7) is 6.99. The summed E-state index contributed by atoms with van der Waals surface area (Å²) in [6, 6.07) is 7.02. The Kier molecular flexibility index (Phi) is 11.5. The van der Waals surface area contributed by atoms with Gasteiger partial charge in [-0.05, 0) is 25.1 Å². The number of rotatable bonds is 8. The van der Waals surface area contributed by atoms with E-state index < -0.39 is 0 Å². The molecular formula is C18H31FIN5O. The smallest absolute Gasteiger partial charge is 0.191 e. The van der Waals surface area contributed by atoms with Crippen molar-refractivity contribution in [3.63, 3.8) is 0 Å². The predicted octanol–water partition coefficient (Wildman–Crippen LogP) is 1.77. The Morgan fingerprint density at radius 2 is 1.85 bits per heavy atom. The van der Waals surface area contributed by atoms with E-state index in [4.69, 9.17) is 4.74 Å².